The van der Waals surface area contributed by atoms with Crippen LogP contribution in [0.1, 0.15) is 40.2 Å². The molecule has 0 saturated carbocycles. The Hall–Kier alpha value is -3.10. The molecule has 0 aliphatic rings. The first-order valence-electron chi connectivity index (χ1n) is 9.33. The lowest BCUT2D eigenvalue weighted by atomic mass is 10.1. The van der Waals surface area contributed by atoms with E-state index >= 15 is 0 Å². The zero-order valence-corrected chi connectivity index (χ0v) is 18.7. The summed E-state index contributed by atoms with van der Waals surface area (Å²) in [6, 6.07) is 8.48. The van der Waals surface area contributed by atoms with Crippen LogP contribution < -0.4 is 5.32 Å². The van der Waals surface area contributed by atoms with Crippen molar-refractivity contribution in [2.24, 2.45) is 0 Å². The molecule has 9 nitrogen and oxygen atoms in total. The van der Waals surface area contributed by atoms with Gasteiger partial charge >= 0.3 is 18.0 Å². The van der Waals surface area contributed by atoms with Crippen LogP contribution in [0, 0.1) is 0 Å². The molecule has 9 heteroatoms. The van der Waals surface area contributed by atoms with Gasteiger partial charge in [0.05, 0.1) is 14.2 Å². The van der Waals surface area contributed by atoms with E-state index in [1.807, 2.05) is 30.3 Å². The molecule has 0 bridgehead atoms. The van der Waals surface area contributed by atoms with Gasteiger partial charge in [0.2, 0.25) is 5.91 Å². The predicted octanol–water partition coefficient (Wildman–Crippen LogP) is 2.28. The van der Waals surface area contributed by atoms with Crippen molar-refractivity contribution >= 4 is 23.9 Å². The quantitative estimate of drug-likeness (QED) is 0.551. The van der Waals surface area contributed by atoms with E-state index in [2.05, 4.69) is 10.1 Å². The van der Waals surface area contributed by atoms with Crippen molar-refractivity contribution in [1.82, 2.24) is 10.2 Å². The summed E-state index contributed by atoms with van der Waals surface area (Å²) in [7, 11) is 2.62. The van der Waals surface area contributed by atoms with Crippen LogP contribution in [0.15, 0.2) is 30.3 Å². The molecule has 0 radical (unpaired) electrons. The number of carbonyl (C=O) groups is 4. The molecule has 30 heavy (non-hydrogen) atoms. The summed E-state index contributed by atoms with van der Waals surface area (Å²) < 4.78 is 13.9. The molecule has 0 fully saturated rings. The number of alkyl carbamates (subject to hydrolysis) is 1. The second-order valence-electron chi connectivity index (χ2n) is 7.26. The monoisotopic (exact) mass is 424 g/mol. The molecule has 0 aliphatic carbocycles. The molecule has 0 heterocycles. The largest absolute Gasteiger partial charge is 0.469 e. The van der Waals surface area contributed by atoms with E-state index in [1.54, 1.807) is 27.7 Å². The highest BCUT2D eigenvalue weighted by molar-refractivity contribution is 5.87. The zero-order chi connectivity index (χ0) is 23.3. The van der Waals surface area contributed by atoms with Crippen molar-refractivity contribution in [3.05, 3.63) is 35.9 Å². The number of amides is 2. The van der Waals surface area contributed by atoms with Gasteiger partial charge in [0.1, 0.15) is 18.2 Å². The van der Waals surface area contributed by atoms with Crippen molar-refractivity contribution in [3.8, 4) is 0 Å². The number of methoxy groups -OCH3 is 2. The fourth-order valence-electron chi connectivity index (χ4n) is 2.08. The lowest BCUT2D eigenvalue weighted by Gasteiger charge is -2.28. The second-order valence-corrected chi connectivity index (χ2v) is 7.26. The van der Waals surface area contributed by atoms with E-state index in [1.165, 1.54) is 26.0 Å². The average molecular weight is 424 g/mol. The first-order chi connectivity index (χ1) is 13.9. The molecule has 0 aromatic heterocycles. The Morgan fingerprint density at radius 1 is 1.03 bits per heavy atom. The fourth-order valence-corrected chi connectivity index (χ4v) is 2.08. The van der Waals surface area contributed by atoms with E-state index in [0.29, 0.717) is 0 Å². The topological polar surface area (TPSA) is 111 Å². The molecule has 1 aromatic carbocycles. The van der Waals surface area contributed by atoms with Gasteiger partial charge in [-0.25, -0.2) is 9.59 Å². The maximum atomic E-state index is 12.5. The maximum Gasteiger partial charge on any atom is 0.408 e. The van der Waals surface area contributed by atoms with Gasteiger partial charge in [-0.1, -0.05) is 30.3 Å². The highest BCUT2D eigenvalue weighted by atomic mass is 16.6. The van der Waals surface area contributed by atoms with Crippen LogP contribution >= 0.6 is 0 Å². The second kappa shape index (κ2) is 13.2. The van der Waals surface area contributed by atoms with E-state index < -0.39 is 29.6 Å². The van der Waals surface area contributed by atoms with E-state index in [0.717, 1.165) is 5.56 Å². The number of benzene rings is 1. The van der Waals surface area contributed by atoms with Crippen LogP contribution in [0.4, 0.5) is 4.79 Å². The smallest absolute Gasteiger partial charge is 0.408 e. The predicted molar refractivity (Wildman–Crippen MR) is 110 cm³/mol. The average Bonchev–Trinajstić information content (AvgIpc) is 2.69. The number of nitrogens with zero attached hydrogens (tertiary/aromatic N) is 1. The number of carbonyl (C=O) groups excluding carboxylic acids is 4. The molecule has 0 saturated heterocycles. The Labute approximate surface area is 177 Å². The van der Waals surface area contributed by atoms with Crippen LogP contribution in [-0.4, -0.2) is 61.2 Å². The lowest BCUT2D eigenvalue weighted by Crippen LogP contribution is -2.48. The number of rotatable bonds is 6. The molecule has 1 N–H and O–H groups in total. The molecular weight excluding hydrogens is 392 g/mol. The third-order valence-corrected chi connectivity index (χ3v) is 3.60. The minimum Gasteiger partial charge on any atom is -0.469 e. The Morgan fingerprint density at radius 2 is 1.57 bits per heavy atom. The maximum absolute atomic E-state index is 12.5. The number of ether oxygens (including phenoxy) is 3. The van der Waals surface area contributed by atoms with Crippen LogP contribution in [0.2, 0.25) is 0 Å². The van der Waals surface area contributed by atoms with Gasteiger partial charge in [0.25, 0.3) is 0 Å². The van der Waals surface area contributed by atoms with Gasteiger partial charge in [0.15, 0.2) is 0 Å². The van der Waals surface area contributed by atoms with Gasteiger partial charge in [-0.2, -0.15) is 0 Å². The van der Waals surface area contributed by atoms with Crippen molar-refractivity contribution in [2.75, 3.05) is 20.8 Å². The van der Waals surface area contributed by atoms with Crippen molar-refractivity contribution in [2.45, 2.75) is 52.8 Å². The van der Waals surface area contributed by atoms with E-state index in [4.69, 9.17) is 9.47 Å². The van der Waals surface area contributed by atoms with E-state index in [-0.39, 0.29) is 19.1 Å². The van der Waals surface area contributed by atoms with Gasteiger partial charge < -0.3 is 24.4 Å². The molecule has 1 aromatic rings. The standard InChI is InChI=1S/C18H26N2O5.C3H6O2/c1-13(16(22)24-5)20(12-14-9-7-6-8-10-14)15(21)11-19-17(23)25-18(2,3)4;1-3(4)5-2/h6-10,13H,11-12H2,1-5H3,(H,19,23);1-2H3. The highest BCUT2D eigenvalue weighted by Gasteiger charge is 2.27. The van der Waals surface area contributed by atoms with Crippen molar-refractivity contribution in [3.63, 3.8) is 0 Å². The summed E-state index contributed by atoms with van der Waals surface area (Å²) in [5.41, 5.74) is 0.208. The van der Waals surface area contributed by atoms with Crippen molar-refractivity contribution < 1.29 is 33.4 Å². The van der Waals surface area contributed by atoms with Gasteiger partial charge in [-0.15, -0.1) is 0 Å². The molecule has 0 aliphatic heterocycles. The minimum absolute atomic E-state index is 0.228. The van der Waals surface area contributed by atoms with Crippen LogP contribution in [0.3, 0.4) is 0 Å². The van der Waals surface area contributed by atoms with Crippen molar-refractivity contribution in [1.29, 1.82) is 0 Å². The van der Waals surface area contributed by atoms with Gasteiger partial charge in [-0.05, 0) is 33.3 Å². The third kappa shape index (κ3) is 11.7. The Kier molecular flexibility index (Phi) is 11.8. The molecule has 1 atom stereocenters. The summed E-state index contributed by atoms with van der Waals surface area (Å²) in [5.74, 6) is -1.18. The molecule has 0 spiro atoms. The summed E-state index contributed by atoms with van der Waals surface area (Å²) in [6.07, 6.45) is -0.689. The molecular formula is C21H32N2O7. The Morgan fingerprint density at radius 3 is 2.00 bits per heavy atom. The number of esters is 2. The summed E-state index contributed by atoms with van der Waals surface area (Å²) in [4.78, 5) is 47.0. The summed E-state index contributed by atoms with van der Waals surface area (Å²) >= 11 is 0. The molecule has 1 unspecified atom stereocenters. The Balaban J connectivity index is 0.00000150. The van der Waals surface area contributed by atoms with Gasteiger partial charge in [-0.3, -0.25) is 9.59 Å². The normalized spacial score (nSPS) is 11.2. The number of hydrogen-bond acceptors (Lipinski definition) is 7. The van der Waals surface area contributed by atoms with Crippen LogP contribution in [-0.2, 0) is 35.1 Å². The van der Waals surface area contributed by atoms with Gasteiger partial charge in [0, 0.05) is 13.5 Å². The summed E-state index contributed by atoms with van der Waals surface area (Å²) in [6.45, 7) is 8.09. The third-order valence-electron chi connectivity index (χ3n) is 3.60. The lowest BCUT2D eigenvalue weighted by molar-refractivity contribution is -0.152. The molecule has 1 rings (SSSR count). The first kappa shape index (κ1) is 26.9. The molecule has 2 amide bonds. The summed E-state index contributed by atoms with van der Waals surface area (Å²) in [5, 5.41) is 2.41. The van der Waals surface area contributed by atoms with Crippen LogP contribution in [0.25, 0.3) is 0 Å². The molecule has 168 valence electrons. The Bertz CT molecular complexity index is 699. The highest BCUT2D eigenvalue weighted by Crippen LogP contribution is 2.10. The first-order valence-corrected chi connectivity index (χ1v) is 9.33. The van der Waals surface area contributed by atoms with E-state index in [9.17, 15) is 19.2 Å². The fraction of sp³-hybridized carbons (Fsp3) is 0.524. The SMILES string of the molecule is COC(=O)C(C)N(Cc1ccccc1)C(=O)CNC(=O)OC(C)(C)C.COC(C)=O. The zero-order valence-electron chi connectivity index (χ0n) is 18.7. The van der Waals surface area contributed by atoms with Crippen LogP contribution in [0.5, 0.6) is 0 Å². The number of nitrogens with one attached hydrogen (secondary N) is 1. The minimum atomic E-state index is -0.779. The number of hydrogen-bond donors (Lipinski definition) is 1.